The fraction of sp³-hybridized carbons (Fsp3) is 0.316. The number of nitrogens with one attached hydrogen (secondary N) is 2. The Labute approximate surface area is 152 Å². The first kappa shape index (κ1) is 19.2. The number of hydrogen-bond donors (Lipinski definition) is 3. The van der Waals surface area contributed by atoms with Crippen LogP contribution in [0.15, 0.2) is 47.8 Å². The fourth-order valence-electron chi connectivity index (χ4n) is 2.41. The maximum absolute atomic E-state index is 12.2. The number of rotatable bonds is 5. The molecule has 0 saturated carbocycles. The number of nitrogens with zero attached hydrogens (tertiary/aromatic N) is 1. The first-order chi connectivity index (χ1) is 12.2. The van der Waals surface area contributed by atoms with Gasteiger partial charge in [0, 0.05) is 11.3 Å². The Balaban J connectivity index is 2.37. The molecule has 2 rings (SSSR count). The molecule has 138 valence electrons. The highest BCUT2D eigenvalue weighted by atomic mass is 16.6. The summed E-state index contributed by atoms with van der Waals surface area (Å²) < 4.78 is 5.29. The van der Waals surface area contributed by atoms with E-state index in [1.807, 2.05) is 0 Å². The minimum absolute atomic E-state index is 0.360. The number of para-hydroxylation sites is 1. The molecule has 1 aromatic heterocycles. The maximum atomic E-state index is 12.2. The molecule has 0 aliphatic heterocycles. The van der Waals surface area contributed by atoms with Crippen molar-refractivity contribution in [3.8, 4) is 11.1 Å². The Kier molecular flexibility index (Phi) is 5.82. The molecule has 7 nitrogen and oxygen atoms in total. The lowest BCUT2D eigenvalue weighted by molar-refractivity contribution is 0.0502. The van der Waals surface area contributed by atoms with E-state index in [0.717, 1.165) is 0 Å². The normalized spacial score (nSPS) is 12.3. The van der Waals surface area contributed by atoms with Crippen LogP contribution in [0.5, 0.6) is 0 Å². The Bertz CT molecular complexity index is 852. The Morgan fingerprint density at radius 3 is 2.69 bits per heavy atom. The van der Waals surface area contributed by atoms with Gasteiger partial charge in [-0.1, -0.05) is 24.3 Å². The van der Waals surface area contributed by atoms with Crippen LogP contribution in [0.4, 0.5) is 10.5 Å². The quantitative estimate of drug-likeness (QED) is 0.563. The van der Waals surface area contributed by atoms with E-state index in [1.165, 1.54) is 0 Å². The first-order valence-electron chi connectivity index (χ1n) is 8.26. The van der Waals surface area contributed by atoms with E-state index in [-0.39, 0.29) is 5.56 Å². The predicted molar refractivity (Wildman–Crippen MR) is 102 cm³/mol. The molecule has 1 heterocycles. The van der Waals surface area contributed by atoms with Crippen LogP contribution in [0.2, 0.25) is 0 Å². The SMILES string of the molecule is C=CCC(NC(=O)OC(C)(C)C)c1cc(-c2ccccc2N)c(=O)[nH]n1. The number of anilines is 1. The van der Waals surface area contributed by atoms with Gasteiger partial charge in [0.15, 0.2) is 0 Å². The topological polar surface area (TPSA) is 110 Å². The number of nitrogen functional groups attached to an aromatic ring is 1. The summed E-state index contributed by atoms with van der Waals surface area (Å²) in [5, 5.41) is 9.29. The molecular formula is C19H24N4O3. The predicted octanol–water partition coefficient (Wildman–Crippen LogP) is 3.16. The summed E-state index contributed by atoms with van der Waals surface area (Å²) in [5.41, 5.74) is 6.95. The van der Waals surface area contributed by atoms with Gasteiger partial charge in [-0.3, -0.25) is 4.79 Å². The number of aromatic amines is 1. The number of hydrogen-bond acceptors (Lipinski definition) is 5. The van der Waals surface area contributed by atoms with Crippen molar-refractivity contribution < 1.29 is 9.53 Å². The monoisotopic (exact) mass is 356 g/mol. The Morgan fingerprint density at radius 1 is 1.38 bits per heavy atom. The lowest BCUT2D eigenvalue weighted by Gasteiger charge is -2.23. The summed E-state index contributed by atoms with van der Waals surface area (Å²) in [6.45, 7) is 9.05. The van der Waals surface area contributed by atoms with Crippen molar-refractivity contribution in [2.75, 3.05) is 5.73 Å². The zero-order chi connectivity index (χ0) is 19.3. The average Bonchev–Trinajstić information content (AvgIpc) is 2.54. The summed E-state index contributed by atoms with van der Waals surface area (Å²) in [4.78, 5) is 24.3. The van der Waals surface area contributed by atoms with Crippen LogP contribution in [0.3, 0.4) is 0 Å². The first-order valence-corrected chi connectivity index (χ1v) is 8.26. The van der Waals surface area contributed by atoms with Crippen molar-refractivity contribution in [3.63, 3.8) is 0 Å². The van der Waals surface area contributed by atoms with Crippen LogP contribution in [0, 0.1) is 0 Å². The number of H-pyrrole nitrogens is 1. The van der Waals surface area contributed by atoms with Gasteiger partial charge in [0.2, 0.25) is 0 Å². The van der Waals surface area contributed by atoms with Crippen LogP contribution in [-0.4, -0.2) is 21.9 Å². The molecule has 0 fully saturated rings. The number of nitrogens with two attached hydrogens (primary N) is 1. The molecule has 7 heteroatoms. The van der Waals surface area contributed by atoms with Gasteiger partial charge in [-0.15, -0.1) is 6.58 Å². The second-order valence-corrected chi connectivity index (χ2v) is 6.85. The standard InChI is InChI=1S/C19H24N4O3/c1-5-8-15(21-18(25)26-19(2,3)4)16-11-13(17(24)23-22-16)12-9-6-7-10-14(12)20/h5-7,9-11,15H,1,8,20H2,2-4H3,(H,21,25)(H,23,24). The van der Waals surface area contributed by atoms with E-state index < -0.39 is 17.7 Å². The lowest BCUT2D eigenvalue weighted by Crippen LogP contribution is -2.35. The van der Waals surface area contributed by atoms with Crippen LogP contribution >= 0.6 is 0 Å². The van der Waals surface area contributed by atoms with E-state index in [1.54, 1.807) is 57.2 Å². The molecule has 0 radical (unpaired) electrons. The van der Waals surface area contributed by atoms with Crippen molar-refractivity contribution >= 4 is 11.8 Å². The van der Waals surface area contributed by atoms with Gasteiger partial charge in [-0.2, -0.15) is 5.10 Å². The van der Waals surface area contributed by atoms with Crippen molar-refractivity contribution in [2.24, 2.45) is 0 Å². The number of aromatic nitrogens is 2. The van der Waals surface area contributed by atoms with E-state index >= 15 is 0 Å². The fourth-order valence-corrected chi connectivity index (χ4v) is 2.41. The number of carbonyl (C=O) groups excluding carboxylic acids is 1. The Hall–Kier alpha value is -3.09. The molecule has 1 unspecified atom stereocenters. The van der Waals surface area contributed by atoms with Gasteiger partial charge in [0.1, 0.15) is 5.60 Å². The number of benzene rings is 1. The van der Waals surface area contributed by atoms with Crippen molar-refractivity contribution in [3.05, 3.63) is 59.0 Å². The van der Waals surface area contributed by atoms with E-state index in [4.69, 9.17) is 10.5 Å². The van der Waals surface area contributed by atoms with Gasteiger partial charge >= 0.3 is 6.09 Å². The summed E-state index contributed by atoms with van der Waals surface area (Å²) in [7, 11) is 0. The van der Waals surface area contributed by atoms with Gasteiger partial charge in [-0.25, -0.2) is 9.89 Å². The highest BCUT2D eigenvalue weighted by Crippen LogP contribution is 2.25. The molecule has 4 N–H and O–H groups in total. The van der Waals surface area contributed by atoms with Gasteiger partial charge in [-0.05, 0) is 39.3 Å². The molecule has 1 amide bonds. The Morgan fingerprint density at radius 2 is 2.08 bits per heavy atom. The minimum Gasteiger partial charge on any atom is -0.444 e. The van der Waals surface area contributed by atoms with Crippen molar-refractivity contribution in [1.82, 2.24) is 15.5 Å². The summed E-state index contributed by atoms with van der Waals surface area (Å²) >= 11 is 0. The highest BCUT2D eigenvalue weighted by molar-refractivity contribution is 5.75. The zero-order valence-corrected chi connectivity index (χ0v) is 15.2. The third kappa shape index (κ3) is 4.95. The molecule has 26 heavy (non-hydrogen) atoms. The van der Waals surface area contributed by atoms with Crippen molar-refractivity contribution in [1.29, 1.82) is 0 Å². The number of ether oxygens (including phenoxy) is 1. The van der Waals surface area contributed by atoms with Crippen LogP contribution in [0.1, 0.15) is 38.9 Å². The third-order valence-corrected chi connectivity index (χ3v) is 3.52. The molecule has 0 saturated heterocycles. The molecular weight excluding hydrogens is 332 g/mol. The van der Waals surface area contributed by atoms with Gasteiger partial charge < -0.3 is 15.8 Å². The average molecular weight is 356 g/mol. The summed E-state index contributed by atoms with van der Waals surface area (Å²) in [5.74, 6) is 0. The summed E-state index contributed by atoms with van der Waals surface area (Å²) in [6, 6.07) is 8.19. The van der Waals surface area contributed by atoms with Crippen molar-refractivity contribution in [2.45, 2.75) is 38.8 Å². The number of amides is 1. The highest BCUT2D eigenvalue weighted by Gasteiger charge is 2.22. The smallest absolute Gasteiger partial charge is 0.408 e. The van der Waals surface area contributed by atoms with E-state index in [0.29, 0.717) is 28.9 Å². The summed E-state index contributed by atoms with van der Waals surface area (Å²) in [6.07, 6.45) is 1.51. The second-order valence-electron chi connectivity index (χ2n) is 6.85. The molecule has 2 aromatic rings. The van der Waals surface area contributed by atoms with Gasteiger partial charge in [0.05, 0.1) is 17.3 Å². The number of carbonyl (C=O) groups is 1. The maximum Gasteiger partial charge on any atom is 0.408 e. The molecule has 0 aliphatic carbocycles. The molecule has 1 atom stereocenters. The zero-order valence-electron chi connectivity index (χ0n) is 15.2. The van der Waals surface area contributed by atoms with Crippen LogP contribution in [0.25, 0.3) is 11.1 Å². The number of alkyl carbamates (subject to hydrolysis) is 1. The molecule has 0 aliphatic rings. The van der Waals surface area contributed by atoms with Crippen LogP contribution < -0.4 is 16.6 Å². The third-order valence-electron chi connectivity index (χ3n) is 3.52. The lowest BCUT2D eigenvalue weighted by atomic mass is 10.0. The van der Waals surface area contributed by atoms with Gasteiger partial charge in [0.25, 0.3) is 5.56 Å². The molecule has 1 aromatic carbocycles. The molecule has 0 bridgehead atoms. The largest absolute Gasteiger partial charge is 0.444 e. The van der Waals surface area contributed by atoms with E-state index in [9.17, 15) is 9.59 Å². The second kappa shape index (κ2) is 7.86. The molecule has 0 spiro atoms. The van der Waals surface area contributed by atoms with Crippen LogP contribution in [-0.2, 0) is 4.74 Å². The van der Waals surface area contributed by atoms with E-state index in [2.05, 4.69) is 22.1 Å². The minimum atomic E-state index is -0.620.